The van der Waals surface area contributed by atoms with E-state index in [9.17, 15) is 9.00 Å². The third-order valence-electron chi connectivity index (χ3n) is 2.50. The maximum absolute atomic E-state index is 11.2. The minimum Gasteiger partial charge on any atom is -0.465 e. The summed E-state index contributed by atoms with van der Waals surface area (Å²) in [5.74, 6) is 0.00536. The lowest BCUT2D eigenvalue weighted by Gasteiger charge is -2.14. The highest BCUT2D eigenvalue weighted by Gasteiger charge is 2.10. The van der Waals surface area contributed by atoms with Gasteiger partial charge in [0.25, 0.3) is 0 Å². The van der Waals surface area contributed by atoms with Crippen molar-refractivity contribution in [3.05, 3.63) is 0 Å². The molecule has 5 heteroatoms. The number of carbonyl (C=O) groups is 1. The van der Waals surface area contributed by atoms with Crippen molar-refractivity contribution in [3.8, 4) is 0 Å². The first-order chi connectivity index (χ1) is 7.60. The van der Waals surface area contributed by atoms with Crippen LogP contribution in [-0.2, 0) is 20.6 Å². The number of esters is 1. The zero-order chi connectivity index (χ0) is 12.4. The van der Waals surface area contributed by atoms with Gasteiger partial charge in [-0.05, 0) is 12.3 Å². The van der Waals surface area contributed by atoms with Gasteiger partial charge in [0.2, 0.25) is 0 Å². The molecule has 0 radical (unpaired) electrons. The SMILES string of the molecule is CCCCC(CC)COC(=O)CCS(=O)O. The Hall–Kier alpha value is -0.420. The molecule has 2 atom stereocenters. The molecule has 0 aliphatic rings. The Labute approximate surface area is 100 Å². The fourth-order valence-electron chi connectivity index (χ4n) is 1.35. The van der Waals surface area contributed by atoms with Crippen molar-refractivity contribution in [2.45, 2.75) is 46.0 Å². The summed E-state index contributed by atoms with van der Waals surface area (Å²) in [5, 5.41) is 0. The van der Waals surface area contributed by atoms with Crippen molar-refractivity contribution in [1.29, 1.82) is 0 Å². The highest BCUT2D eigenvalue weighted by atomic mass is 32.2. The summed E-state index contributed by atoms with van der Waals surface area (Å²) in [5.41, 5.74) is 0. The summed E-state index contributed by atoms with van der Waals surface area (Å²) in [6, 6.07) is 0. The largest absolute Gasteiger partial charge is 0.465 e. The fraction of sp³-hybridized carbons (Fsp3) is 0.909. The molecule has 0 aromatic heterocycles. The van der Waals surface area contributed by atoms with E-state index in [1.165, 1.54) is 0 Å². The monoisotopic (exact) mass is 250 g/mol. The summed E-state index contributed by atoms with van der Waals surface area (Å²) >= 11 is -1.91. The Morgan fingerprint density at radius 2 is 2.12 bits per heavy atom. The average Bonchev–Trinajstić information content (AvgIpc) is 2.26. The molecule has 0 heterocycles. The molecule has 96 valence electrons. The third kappa shape index (κ3) is 8.85. The Morgan fingerprint density at radius 3 is 2.62 bits per heavy atom. The molecule has 0 spiro atoms. The second-order valence-electron chi connectivity index (χ2n) is 3.88. The van der Waals surface area contributed by atoms with Gasteiger partial charge in [0.1, 0.15) is 0 Å². The Kier molecular flexibility index (Phi) is 9.52. The minimum absolute atomic E-state index is 0.0212. The van der Waals surface area contributed by atoms with E-state index in [-0.39, 0.29) is 18.1 Å². The second-order valence-corrected chi connectivity index (χ2v) is 4.93. The van der Waals surface area contributed by atoms with Crippen molar-refractivity contribution < 1.29 is 18.3 Å². The van der Waals surface area contributed by atoms with E-state index < -0.39 is 11.1 Å². The Balaban J connectivity index is 3.66. The van der Waals surface area contributed by atoms with Gasteiger partial charge in [-0.1, -0.05) is 33.1 Å². The van der Waals surface area contributed by atoms with Crippen LogP contribution in [0.5, 0.6) is 0 Å². The van der Waals surface area contributed by atoms with Gasteiger partial charge in [0, 0.05) is 0 Å². The lowest BCUT2D eigenvalue weighted by atomic mass is 10.0. The standard InChI is InChI=1S/C11H22O4S/c1-3-5-6-10(4-2)9-15-11(12)7-8-16(13)14/h10H,3-9H2,1-2H3,(H,13,14). The van der Waals surface area contributed by atoms with Crippen LogP contribution in [0.3, 0.4) is 0 Å². The maximum Gasteiger partial charge on any atom is 0.306 e. The summed E-state index contributed by atoms with van der Waals surface area (Å²) in [4.78, 5) is 11.2. The summed E-state index contributed by atoms with van der Waals surface area (Å²) in [6.45, 7) is 4.65. The number of ether oxygens (including phenoxy) is 1. The fourth-order valence-corrected chi connectivity index (χ4v) is 1.69. The number of rotatable bonds is 9. The molecule has 0 rings (SSSR count). The van der Waals surface area contributed by atoms with Crippen molar-refractivity contribution in [2.75, 3.05) is 12.4 Å². The zero-order valence-electron chi connectivity index (χ0n) is 10.1. The van der Waals surface area contributed by atoms with Crippen molar-refractivity contribution in [3.63, 3.8) is 0 Å². The van der Waals surface area contributed by atoms with E-state index in [2.05, 4.69) is 13.8 Å². The van der Waals surface area contributed by atoms with Crippen molar-refractivity contribution >= 4 is 17.0 Å². The van der Waals surface area contributed by atoms with Gasteiger partial charge in [-0.2, -0.15) is 0 Å². The molecule has 0 bridgehead atoms. The summed E-state index contributed by atoms with van der Waals surface area (Å²) in [6.07, 6.45) is 4.39. The molecule has 4 nitrogen and oxygen atoms in total. The molecule has 0 saturated carbocycles. The van der Waals surface area contributed by atoms with Gasteiger partial charge in [-0.25, -0.2) is 4.21 Å². The molecule has 16 heavy (non-hydrogen) atoms. The van der Waals surface area contributed by atoms with E-state index in [4.69, 9.17) is 9.29 Å². The quantitative estimate of drug-likeness (QED) is 0.504. The minimum atomic E-state index is -1.91. The van der Waals surface area contributed by atoms with Gasteiger partial charge >= 0.3 is 5.97 Å². The molecule has 0 aromatic carbocycles. The van der Waals surface area contributed by atoms with Crippen LogP contribution < -0.4 is 0 Å². The highest BCUT2D eigenvalue weighted by Crippen LogP contribution is 2.13. The number of hydrogen-bond donors (Lipinski definition) is 1. The van der Waals surface area contributed by atoms with Crippen LogP contribution in [0.2, 0.25) is 0 Å². The normalized spacial score (nSPS) is 14.4. The topological polar surface area (TPSA) is 63.6 Å². The van der Waals surface area contributed by atoms with Gasteiger partial charge in [-0.3, -0.25) is 4.79 Å². The summed E-state index contributed by atoms with van der Waals surface area (Å²) in [7, 11) is 0. The van der Waals surface area contributed by atoms with Crippen LogP contribution in [-0.4, -0.2) is 27.1 Å². The van der Waals surface area contributed by atoms with Crippen LogP contribution in [0.25, 0.3) is 0 Å². The van der Waals surface area contributed by atoms with Gasteiger partial charge < -0.3 is 9.29 Å². The first-order valence-corrected chi connectivity index (χ1v) is 7.10. The predicted octanol–water partition coefficient (Wildman–Crippen LogP) is 2.36. The molecule has 0 aliphatic heterocycles. The lowest BCUT2D eigenvalue weighted by Crippen LogP contribution is -2.15. The predicted molar refractivity (Wildman–Crippen MR) is 64.5 cm³/mol. The molecular weight excluding hydrogens is 228 g/mol. The zero-order valence-corrected chi connectivity index (χ0v) is 10.9. The molecule has 0 fully saturated rings. The van der Waals surface area contributed by atoms with Crippen LogP contribution in [0.1, 0.15) is 46.0 Å². The molecule has 0 aliphatic carbocycles. The molecule has 1 N–H and O–H groups in total. The molecule has 0 aromatic rings. The molecular formula is C11H22O4S. The Morgan fingerprint density at radius 1 is 1.44 bits per heavy atom. The smallest absolute Gasteiger partial charge is 0.306 e. The number of carbonyl (C=O) groups excluding carboxylic acids is 1. The van der Waals surface area contributed by atoms with Crippen molar-refractivity contribution in [2.24, 2.45) is 5.92 Å². The highest BCUT2D eigenvalue weighted by molar-refractivity contribution is 7.79. The van der Waals surface area contributed by atoms with E-state index in [0.717, 1.165) is 25.7 Å². The van der Waals surface area contributed by atoms with Crippen LogP contribution in [0.15, 0.2) is 0 Å². The van der Waals surface area contributed by atoms with E-state index >= 15 is 0 Å². The summed E-state index contributed by atoms with van der Waals surface area (Å²) < 4.78 is 23.9. The van der Waals surface area contributed by atoms with Gasteiger partial charge in [0.15, 0.2) is 11.1 Å². The van der Waals surface area contributed by atoms with Crippen molar-refractivity contribution in [1.82, 2.24) is 0 Å². The number of unbranched alkanes of at least 4 members (excludes halogenated alkanes) is 1. The van der Waals surface area contributed by atoms with Gasteiger partial charge in [-0.15, -0.1) is 0 Å². The molecule has 2 unspecified atom stereocenters. The van der Waals surface area contributed by atoms with E-state index in [0.29, 0.717) is 12.5 Å². The van der Waals surface area contributed by atoms with Crippen LogP contribution in [0, 0.1) is 5.92 Å². The van der Waals surface area contributed by atoms with Gasteiger partial charge in [0.05, 0.1) is 18.8 Å². The Bertz CT molecular complexity index is 218. The molecule has 0 saturated heterocycles. The first kappa shape index (κ1) is 15.6. The number of hydrogen-bond acceptors (Lipinski definition) is 3. The average molecular weight is 250 g/mol. The first-order valence-electron chi connectivity index (χ1n) is 5.83. The van der Waals surface area contributed by atoms with E-state index in [1.807, 2.05) is 0 Å². The van der Waals surface area contributed by atoms with Crippen LogP contribution in [0.4, 0.5) is 0 Å². The van der Waals surface area contributed by atoms with E-state index in [1.54, 1.807) is 0 Å². The third-order valence-corrected chi connectivity index (χ3v) is 3.06. The second kappa shape index (κ2) is 9.78. The van der Waals surface area contributed by atoms with Crippen LogP contribution >= 0.6 is 0 Å². The maximum atomic E-state index is 11.2. The molecule has 0 amide bonds. The lowest BCUT2D eigenvalue weighted by molar-refractivity contribution is -0.144.